The van der Waals surface area contributed by atoms with Gasteiger partial charge in [0.15, 0.2) is 0 Å². The SMILES string of the molecule is O=C(C=C=CC1CCCCCCC1)OCc1cc(C(F)(F)F)cc(C(F)(F)F)c1. The van der Waals surface area contributed by atoms with Gasteiger partial charge in [-0.2, -0.15) is 26.3 Å². The second-order valence-electron chi connectivity index (χ2n) is 7.10. The van der Waals surface area contributed by atoms with E-state index in [0.717, 1.165) is 31.8 Å². The van der Waals surface area contributed by atoms with Gasteiger partial charge in [-0.15, -0.1) is 5.73 Å². The molecule has 1 fully saturated rings. The molecule has 1 aliphatic rings. The van der Waals surface area contributed by atoms with E-state index in [2.05, 4.69) is 5.73 Å². The largest absolute Gasteiger partial charge is 0.457 e. The Kier molecular flexibility index (Phi) is 7.96. The van der Waals surface area contributed by atoms with Crippen LogP contribution in [0.2, 0.25) is 0 Å². The summed E-state index contributed by atoms with van der Waals surface area (Å²) >= 11 is 0. The molecule has 8 heteroatoms. The Balaban J connectivity index is 2.02. The number of carbonyl (C=O) groups excluding carboxylic acids is 1. The quantitative estimate of drug-likeness (QED) is 0.231. The molecule has 1 aliphatic carbocycles. The lowest BCUT2D eigenvalue weighted by Crippen LogP contribution is -2.12. The van der Waals surface area contributed by atoms with E-state index in [-0.39, 0.29) is 6.07 Å². The van der Waals surface area contributed by atoms with Crippen molar-refractivity contribution in [2.75, 3.05) is 0 Å². The van der Waals surface area contributed by atoms with Crippen LogP contribution in [0.4, 0.5) is 26.3 Å². The van der Waals surface area contributed by atoms with Gasteiger partial charge >= 0.3 is 18.3 Å². The first-order valence-corrected chi connectivity index (χ1v) is 9.43. The van der Waals surface area contributed by atoms with E-state index >= 15 is 0 Å². The van der Waals surface area contributed by atoms with Crippen molar-refractivity contribution in [1.29, 1.82) is 0 Å². The lowest BCUT2D eigenvalue weighted by Gasteiger charge is -2.14. The summed E-state index contributed by atoms with van der Waals surface area (Å²) < 4.78 is 81.8. The molecular formula is C21H22F6O2. The van der Waals surface area contributed by atoms with Gasteiger partial charge in [0.25, 0.3) is 0 Å². The molecule has 0 amide bonds. The molecular weight excluding hydrogens is 398 g/mol. The van der Waals surface area contributed by atoms with Crippen LogP contribution in [0, 0.1) is 5.92 Å². The maximum Gasteiger partial charge on any atom is 0.416 e. The van der Waals surface area contributed by atoms with E-state index in [1.54, 1.807) is 6.08 Å². The maximum absolute atomic E-state index is 12.8. The van der Waals surface area contributed by atoms with Crippen LogP contribution >= 0.6 is 0 Å². The molecule has 0 aromatic heterocycles. The molecule has 0 saturated heterocycles. The Morgan fingerprint density at radius 3 is 1.97 bits per heavy atom. The molecule has 0 aliphatic heterocycles. The van der Waals surface area contributed by atoms with Gasteiger partial charge in [0.05, 0.1) is 17.2 Å². The van der Waals surface area contributed by atoms with Crippen LogP contribution in [0.1, 0.15) is 61.6 Å². The second kappa shape index (κ2) is 10.0. The van der Waals surface area contributed by atoms with Crippen LogP contribution in [0.5, 0.6) is 0 Å². The maximum atomic E-state index is 12.8. The fourth-order valence-electron chi connectivity index (χ4n) is 3.21. The van der Waals surface area contributed by atoms with Crippen molar-refractivity contribution < 1.29 is 35.9 Å². The number of esters is 1. The first-order valence-electron chi connectivity index (χ1n) is 9.43. The van der Waals surface area contributed by atoms with Crippen molar-refractivity contribution in [3.63, 3.8) is 0 Å². The zero-order chi connectivity index (χ0) is 21.5. The van der Waals surface area contributed by atoms with Crippen LogP contribution in [-0.4, -0.2) is 5.97 Å². The van der Waals surface area contributed by atoms with E-state index in [9.17, 15) is 31.1 Å². The molecule has 0 N–H and O–H groups in total. The third kappa shape index (κ3) is 7.97. The van der Waals surface area contributed by atoms with Gasteiger partial charge in [0, 0.05) is 0 Å². The Morgan fingerprint density at radius 2 is 1.45 bits per heavy atom. The minimum Gasteiger partial charge on any atom is -0.457 e. The normalized spacial score (nSPS) is 16.3. The zero-order valence-corrected chi connectivity index (χ0v) is 15.7. The van der Waals surface area contributed by atoms with Gasteiger partial charge in [-0.05, 0) is 48.6 Å². The van der Waals surface area contributed by atoms with Crippen molar-refractivity contribution in [3.8, 4) is 0 Å². The molecule has 0 unspecified atom stereocenters. The second-order valence-corrected chi connectivity index (χ2v) is 7.10. The Morgan fingerprint density at radius 1 is 0.931 bits per heavy atom. The summed E-state index contributed by atoms with van der Waals surface area (Å²) in [4.78, 5) is 11.7. The minimum absolute atomic E-state index is 0.0307. The number of rotatable bonds is 4. The number of ether oxygens (including phenoxy) is 1. The van der Waals surface area contributed by atoms with Crippen LogP contribution in [0.25, 0.3) is 0 Å². The third-order valence-electron chi connectivity index (χ3n) is 4.71. The average molecular weight is 420 g/mol. The first-order chi connectivity index (χ1) is 13.6. The third-order valence-corrected chi connectivity index (χ3v) is 4.71. The average Bonchev–Trinajstić information content (AvgIpc) is 2.60. The summed E-state index contributed by atoms with van der Waals surface area (Å²) in [7, 11) is 0. The highest BCUT2D eigenvalue weighted by Crippen LogP contribution is 2.36. The summed E-state index contributed by atoms with van der Waals surface area (Å²) in [5.41, 5.74) is -0.557. The van der Waals surface area contributed by atoms with E-state index in [1.165, 1.54) is 19.3 Å². The highest BCUT2D eigenvalue weighted by atomic mass is 19.4. The van der Waals surface area contributed by atoms with E-state index < -0.39 is 41.6 Å². The monoisotopic (exact) mass is 420 g/mol. The Labute approximate surface area is 165 Å². The molecule has 0 bridgehead atoms. The number of benzene rings is 1. The standard InChI is InChI=1S/C21H22F6O2/c22-20(23,24)17-11-16(12-18(13-17)21(25,26)27)14-29-19(28)10-6-9-15-7-4-2-1-3-5-8-15/h9-13,15H,1-5,7-8,14H2. The molecule has 2 nitrogen and oxygen atoms in total. The fourth-order valence-corrected chi connectivity index (χ4v) is 3.21. The van der Waals surface area contributed by atoms with Crippen molar-refractivity contribution in [2.45, 2.75) is 63.9 Å². The predicted molar refractivity (Wildman–Crippen MR) is 94.7 cm³/mol. The molecule has 0 radical (unpaired) electrons. The lowest BCUT2D eigenvalue weighted by atomic mass is 9.91. The van der Waals surface area contributed by atoms with Crippen LogP contribution < -0.4 is 0 Å². The van der Waals surface area contributed by atoms with Gasteiger partial charge < -0.3 is 4.74 Å². The van der Waals surface area contributed by atoms with Crippen molar-refractivity contribution >= 4 is 5.97 Å². The van der Waals surface area contributed by atoms with Crippen molar-refractivity contribution in [3.05, 3.63) is 52.8 Å². The van der Waals surface area contributed by atoms with E-state index in [4.69, 9.17) is 4.74 Å². The molecule has 1 saturated carbocycles. The van der Waals surface area contributed by atoms with Crippen molar-refractivity contribution in [1.82, 2.24) is 0 Å². The zero-order valence-electron chi connectivity index (χ0n) is 15.7. The molecule has 2 rings (SSSR count). The summed E-state index contributed by atoms with van der Waals surface area (Å²) in [6.45, 7) is -0.701. The number of alkyl halides is 6. The highest BCUT2D eigenvalue weighted by molar-refractivity contribution is 5.81. The van der Waals surface area contributed by atoms with Gasteiger partial charge in [-0.3, -0.25) is 0 Å². The number of halogens is 6. The first kappa shape index (κ1) is 23.1. The number of hydrogen-bond acceptors (Lipinski definition) is 2. The van der Waals surface area contributed by atoms with E-state index in [1.807, 2.05) is 0 Å². The van der Waals surface area contributed by atoms with Crippen LogP contribution in [0.15, 0.2) is 36.1 Å². The highest BCUT2D eigenvalue weighted by Gasteiger charge is 2.36. The number of carbonyl (C=O) groups is 1. The van der Waals surface area contributed by atoms with Gasteiger partial charge in [-0.1, -0.05) is 32.1 Å². The summed E-state index contributed by atoms with van der Waals surface area (Å²) in [5.74, 6) is -0.574. The summed E-state index contributed by atoms with van der Waals surface area (Å²) in [5, 5.41) is 0. The minimum atomic E-state index is -4.94. The predicted octanol–water partition coefficient (Wildman–Crippen LogP) is 6.84. The van der Waals surface area contributed by atoms with Crippen LogP contribution in [-0.2, 0) is 28.5 Å². The summed E-state index contributed by atoms with van der Waals surface area (Å²) in [6, 6.07) is 1.11. The van der Waals surface area contributed by atoms with Gasteiger partial charge in [0.1, 0.15) is 6.61 Å². The van der Waals surface area contributed by atoms with E-state index in [0.29, 0.717) is 18.1 Å². The molecule has 0 heterocycles. The molecule has 0 atom stereocenters. The Hall–Kier alpha value is -2.21. The Bertz CT molecular complexity index is 717. The molecule has 29 heavy (non-hydrogen) atoms. The lowest BCUT2D eigenvalue weighted by molar-refractivity contribution is -0.143. The van der Waals surface area contributed by atoms with Gasteiger partial charge in [0.2, 0.25) is 0 Å². The van der Waals surface area contributed by atoms with Crippen LogP contribution in [0.3, 0.4) is 0 Å². The van der Waals surface area contributed by atoms with Gasteiger partial charge in [-0.25, -0.2) is 4.79 Å². The number of hydrogen-bond donors (Lipinski definition) is 0. The molecule has 0 spiro atoms. The topological polar surface area (TPSA) is 26.3 Å². The van der Waals surface area contributed by atoms with Crippen molar-refractivity contribution in [2.24, 2.45) is 5.92 Å². The molecule has 160 valence electrons. The molecule has 1 aromatic rings. The smallest absolute Gasteiger partial charge is 0.416 e. The fraction of sp³-hybridized carbons (Fsp3) is 0.524. The molecule has 1 aromatic carbocycles. The summed E-state index contributed by atoms with van der Waals surface area (Å²) in [6.07, 6.45) is 0.676.